The number of carbonyl (C=O) groups is 1. The monoisotopic (exact) mass is 482 g/mol. The standard InChI is InChI=1S/C26H27FN2O4S/c1-4-34(31,32)16-17-5-10-21-22(11-17)24-13-29(2)20(14-30)12-23(24)25(15-33-3)28-26(21)18-6-8-19(27)9-7-18/h5-14,20,25H,4,15-16H2,1-3H3. The summed E-state index contributed by atoms with van der Waals surface area (Å²) in [7, 11) is 0.180. The van der Waals surface area contributed by atoms with E-state index >= 15 is 0 Å². The summed E-state index contributed by atoms with van der Waals surface area (Å²) in [4.78, 5) is 18.5. The summed E-state index contributed by atoms with van der Waals surface area (Å²) < 4.78 is 43.8. The van der Waals surface area contributed by atoms with Crippen molar-refractivity contribution in [3.05, 3.63) is 88.4 Å². The third kappa shape index (κ3) is 4.74. The Labute approximate surface area is 199 Å². The van der Waals surface area contributed by atoms with Crippen molar-refractivity contribution in [3.8, 4) is 0 Å². The van der Waals surface area contributed by atoms with Gasteiger partial charge in [-0.3, -0.25) is 4.99 Å². The highest BCUT2D eigenvalue weighted by atomic mass is 32.2. The van der Waals surface area contributed by atoms with Crippen LogP contribution in [-0.2, 0) is 25.1 Å². The van der Waals surface area contributed by atoms with Crippen LogP contribution in [0.3, 0.4) is 0 Å². The third-order valence-electron chi connectivity index (χ3n) is 6.15. The van der Waals surface area contributed by atoms with Gasteiger partial charge in [-0.2, -0.15) is 0 Å². The number of hydrogen-bond donors (Lipinski definition) is 0. The summed E-state index contributed by atoms with van der Waals surface area (Å²) in [5, 5.41) is 0. The highest BCUT2D eigenvalue weighted by molar-refractivity contribution is 7.90. The average Bonchev–Trinajstić information content (AvgIpc) is 2.94. The van der Waals surface area contributed by atoms with E-state index in [0.29, 0.717) is 11.3 Å². The second-order valence-electron chi connectivity index (χ2n) is 8.47. The SMILES string of the molecule is CCS(=O)(=O)Cc1ccc2c(c1)C1=CN(C)C(C=O)C=C1C(COC)N=C2c1ccc(F)cc1. The Hall–Kier alpha value is -3.10. The fourth-order valence-electron chi connectivity index (χ4n) is 4.29. The van der Waals surface area contributed by atoms with Gasteiger partial charge in [-0.1, -0.05) is 19.1 Å². The maximum absolute atomic E-state index is 13.7. The summed E-state index contributed by atoms with van der Waals surface area (Å²) in [6.07, 6.45) is 4.64. The van der Waals surface area contributed by atoms with Crippen LogP contribution in [0.5, 0.6) is 0 Å². The zero-order valence-corrected chi connectivity index (χ0v) is 20.2. The van der Waals surface area contributed by atoms with Gasteiger partial charge >= 0.3 is 0 Å². The van der Waals surface area contributed by atoms with E-state index in [4.69, 9.17) is 9.73 Å². The molecule has 178 valence electrons. The molecule has 0 fully saturated rings. The topological polar surface area (TPSA) is 76.0 Å². The molecule has 2 unspecified atom stereocenters. The quantitative estimate of drug-likeness (QED) is 0.566. The minimum Gasteiger partial charge on any atom is -0.382 e. The number of rotatable bonds is 7. The smallest absolute Gasteiger partial charge is 0.154 e. The molecule has 2 aliphatic heterocycles. The van der Waals surface area contributed by atoms with Crippen LogP contribution < -0.4 is 0 Å². The van der Waals surface area contributed by atoms with E-state index < -0.39 is 21.9 Å². The second-order valence-corrected chi connectivity index (χ2v) is 10.8. The van der Waals surface area contributed by atoms with E-state index in [-0.39, 0.29) is 23.9 Å². The van der Waals surface area contributed by atoms with E-state index in [2.05, 4.69) is 0 Å². The van der Waals surface area contributed by atoms with E-state index in [9.17, 15) is 17.6 Å². The molecule has 4 rings (SSSR count). The number of benzene rings is 2. The number of carbonyl (C=O) groups excluding carboxylic acids is 1. The van der Waals surface area contributed by atoms with Crippen molar-refractivity contribution in [2.75, 3.05) is 26.5 Å². The molecule has 2 heterocycles. The Balaban J connectivity index is 1.97. The van der Waals surface area contributed by atoms with Crippen molar-refractivity contribution >= 4 is 27.4 Å². The zero-order valence-electron chi connectivity index (χ0n) is 19.4. The fraction of sp³-hybridized carbons (Fsp3) is 0.308. The summed E-state index contributed by atoms with van der Waals surface area (Å²) in [6, 6.07) is 10.8. The molecule has 8 heteroatoms. The number of aldehydes is 1. The second kappa shape index (κ2) is 9.64. The van der Waals surface area contributed by atoms with E-state index in [0.717, 1.165) is 34.1 Å². The first-order valence-electron chi connectivity index (χ1n) is 11.0. The van der Waals surface area contributed by atoms with Crippen molar-refractivity contribution in [1.82, 2.24) is 4.90 Å². The number of hydrogen-bond acceptors (Lipinski definition) is 6. The lowest BCUT2D eigenvalue weighted by atomic mass is 9.86. The number of aliphatic imine (C=N–C) groups is 1. The molecule has 6 nitrogen and oxygen atoms in total. The van der Waals surface area contributed by atoms with Crippen molar-refractivity contribution in [3.63, 3.8) is 0 Å². The molecule has 0 aliphatic carbocycles. The normalized spacial score (nSPS) is 19.9. The maximum atomic E-state index is 13.7. The molecule has 34 heavy (non-hydrogen) atoms. The summed E-state index contributed by atoms with van der Waals surface area (Å²) in [6.45, 7) is 1.92. The van der Waals surface area contributed by atoms with Gasteiger partial charge in [0, 0.05) is 42.8 Å². The number of likely N-dealkylation sites (N-methyl/N-ethyl adjacent to an activating group) is 1. The van der Waals surface area contributed by atoms with E-state index in [1.54, 1.807) is 32.2 Å². The van der Waals surface area contributed by atoms with Crippen molar-refractivity contribution in [2.24, 2.45) is 4.99 Å². The van der Waals surface area contributed by atoms with Gasteiger partial charge in [0.2, 0.25) is 0 Å². The predicted octanol–water partition coefficient (Wildman–Crippen LogP) is 3.41. The first-order valence-corrected chi connectivity index (χ1v) is 12.9. The molecular formula is C26H27FN2O4S. The first kappa shape index (κ1) is 24.0. The molecule has 2 atom stereocenters. The van der Waals surface area contributed by atoms with Gasteiger partial charge in [0.05, 0.1) is 24.1 Å². The average molecular weight is 483 g/mol. The van der Waals surface area contributed by atoms with Crippen molar-refractivity contribution in [2.45, 2.75) is 24.8 Å². The minimum absolute atomic E-state index is 0.0554. The molecule has 0 saturated heterocycles. The van der Waals surface area contributed by atoms with Crippen molar-refractivity contribution < 1.29 is 22.3 Å². The number of methoxy groups -OCH3 is 1. The van der Waals surface area contributed by atoms with Crippen LogP contribution in [0, 0.1) is 5.82 Å². The Bertz CT molecular complexity index is 1300. The number of halogens is 1. The molecule has 0 aromatic heterocycles. The third-order valence-corrected chi connectivity index (χ3v) is 7.80. The van der Waals surface area contributed by atoms with Gasteiger partial charge in [-0.05, 0) is 53.1 Å². The van der Waals surface area contributed by atoms with Crippen LogP contribution >= 0.6 is 0 Å². The number of sulfone groups is 1. The van der Waals surface area contributed by atoms with Crippen LogP contribution in [0.1, 0.15) is 29.2 Å². The molecular weight excluding hydrogens is 455 g/mol. The summed E-state index contributed by atoms with van der Waals surface area (Å²) in [5.41, 5.74) is 5.37. The number of nitrogens with zero attached hydrogens (tertiary/aromatic N) is 2. The first-order chi connectivity index (χ1) is 16.3. The highest BCUT2D eigenvalue weighted by Gasteiger charge is 2.31. The molecule has 2 aromatic rings. The van der Waals surface area contributed by atoms with Gasteiger partial charge in [-0.25, -0.2) is 12.8 Å². The van der Waals surface area contributed by atoms with Crippen molar-refractivity contribution in [1.29, 1.82) is 0 Å². The lowest BCUT2D eigenvalue weighted by Crippen LogP contribution is -2.32. The van der Waals surface area contributed by atoms with Gasteiger partial charge < -0.3 is 14.4 Å². The molecule has 2 aliphatic rings. The zero-order chi connectivity index (χ0) is 24.5. The van der Waals surface area contributed by atoms with Gasteiger partial charge in [-0.15, -0.1) is 0 Å². The van der Waals surface area contributed by atoms with Crippen LogP contribution in [0.4, 0.5) is 4.39 Å². The highest BCUT2D eigenvalue weighted by Crippen LogP contribution is 2.38. The van der Waals surface area contributed by atoms with E-state index in [1.807, 2.05) is 36.4 Å². The Kier molecular flexibility index (Phi) is 6.81. The molecule has 0 radical (unpaired) electrons. The Morgan fingerprint density at radius 1 is 1.15 bits per heavy atom. The van der Waals surface area contributed by atoms with Crippen LogP contribution in [-0.4, -0.2) is 63.9 Å². The number of ether oxygens (including phenoxy) is 1. The number of fused-ring (bicyclic) bond motifs is 3. The van der Waals surface area contributed by atoms with Gasteiger partial charge in [0.25, 0.3) is 0 Å². The molecule has 0 N–H and O–H groups in total. The largest absolute Gasteiger partial charge is 0.382 e. The lowest BCUT2D eigenvalue weighted by Gasteiger charge is -2.30. The van der Waals surface area contributed by atoms with Crippen LogP contribution in [0.15, 0.2) is 65.3 Å². The molecule has 0 spiro atoms. The van der Waals surface area contributed by atoms with Gasteiger partial charge in [0.1, 0.15) is 18.1 Å². The summed E-state index contributed by atoms with van der Waals surface area (Å²) in [5.74, 6) is -0.360. The fourth-order valence-corrected chi connectivity index (χ4v) is 5.18. The maximum Gasteiger partial charge on any atom is 0.154 e. The predicted molar refractivity (Wildman–Crippen MR) is 131 cm³/mol. The molecule has 0 bridgehead atoms. The Morgan fingerprint density at radius 2 is 1.88 bits per heavy atom. The van der Waals surface area contributed by atoms with Crippen LogP contribution in [0.25, 0.3) is 5.57 Å². The molecule has 0 amide bonds. The summed E-state index contributed by atoms with van der Waals surface area (Å²) >= 11 is 0. The lowest BCUT2D eigenvalue weighted by molar-refractivity contribution is -0.110. The molecule has 2 aromatic carbocycles. The van der Waals surface area contributed by atoms with Gasteiger partial charge in [0.15, 0.2) is 9.84 Å². The molecule has 0 saturated carbocycles. The Morgan fingerprint density at radius 3 is 2.53 bits per heavy atom. The minimum atomic E-state index is -3.23. The van der Waals surface area contributed by atoms with Crippen LogP contribution in [0.2, 0.25) is 0 Å². The van der Waals surface area contributed by atoms with E-state index in [1.165, 1.54) is 12.1 Å².